The Bertz CT molecular complexity index is 39.1. The molecule has 0 aliphatic rings. The predicted molar refractivity (Wildman–Crippen MR) is 29.0 cm³/mol. The molecule has 1 unspecified atom stereocenters. The van der Waals surface area contributed by atoms with Crippen molar-refractivity contribution < 1.29 is 5.11 Å². The lowest BCUT2D eigenvalue weighted by atomic mass is 10.4. The van der Waals surface area contributed by atoms with Gasteiger partial charge in [-0.05, 0) is 6.42 Å². The van der Waals surface area contributed by atoms with Crippen molar-refractivity contribution in [1.29, 1.82) is 0 Å². The summed E-state index contributed by atoms with van der Waals surface area (Å²) in [6.07, 6.45) is 0.304. The molecular formula is C5H12NO. The normalized spacial score (nSPS) is 14.1. The Kier molecular flexibility index (Phi) is 4.04. The lowest BCUT2D eigenvalue weighted by Gasteiger charge is -2.02. The maximum atomic E-state index is 8.69. The fourth-order valence-corrected chi connectivity index (χ4v) is 0.340. The van der Waals surface area contributed by atoms with Gasteiger partial charge in [0.25, 0.3) is 0 Å². The van der Waals surface area contributed by atoms with E-state index in [1.807, 2.05) is 13.8 Å². The molecule has 1 radical (unpaired) electrons. The number of nitrogens with zero attached hydrogens (tertiary/aromatic N) is 1. The highest BCUT2D eigenvalue weighted by atomic mass is 16.3. The Morgan fingerprint density at radius 1 is 1.57 bits per heavy atom. The number of rotatable bonds is 3. The summed E-state index contributed by atoms with van der Waals surface area (Å²) >= 11 is 0. The largest absolute Gasteiger partial charge is 0.377 e. The summed E-state index contributed by atoms with van der Waals surface area (Å²) < 4.78 is 0. The zero-order valence-corrected chi connectivity index (χ0v) is 4.89. The molecule has 2 nitrogen and oxygen atoms in total. The van der Waals surface area contributed by atoms with Crippen molar-refractivity contribution in [3.05, 3.63) is 0 Å². The molecule has 1 N–H and O–H groups in total. The molecular weight excluding hydrogens is 90.1 g/mol. The van der Waals surface area contributed by atoms with E-state index in [9.17, 15) is 0 Å². The number of hydrogen-bond donors (Lipinski definition) is 1. The van der Waals surface area contributed by atoms with E-state index in [2.05, 4.69) is 5.32 Å². The van der Waals surface area contributed by atoms with Gasteiger partial charge in [0.15, 0.2) is 0 Å². The molecule has 0 aromatic carbocycles. The molecule has 7 heavy (non-hydrogen) atoms. The van der Waals surface area contributed by atoms with E-state index in [1.54, 1.807) is 0 Å². The Morgan fingerprint density at radius 3 is 2.29 bits per heavy atom. The molecule has 0 amide bonds. The van der Waals surface area contributed by atoms with Crippen molar-refractivity contribution in [3.8, 4) is 0 Å². The van der Waals surface area contributed by atoms with Crippen LogP contribution in [-0.4, -0.2) is 17.9 Å². The molecule has 2 heteroatoms. The highest BCUT2D eigenvalue weighted by molar-refractivity contribution is 4.43. The molecule has 0 bridgehead atoms. The van der Waals surface area contributed by atoms with Crippen molar-refractivity contribution >= 4 is 0 Å². The Hall–Kier alpha value is -0.0800. The zero-order valence-electron chi connectivity index (χ0n) is 4.89. The van der Waals surface area contributed by atoms with E-state index in [1.165, 1.54) is 0 Å². The average Bonchev–Trinajstić information content (AvgIpc) is 1.68. The van der Waals surface area contributed by atoms with Crippen LogP contribution in [0.4, 0.5) is 0 Å². The molecule has 0 fully saturated rings. The first-order valence-corrected chi connectivity index (χ1v) is 2.66. The van der Waals surface area contributed by atoms with Crippen LogP contribution in [0.15, 0.2) is 0 Å². The van der Waals surface area contributed by atoms with Gasteiger partial charge in [-0.3, -0.25) is 0 Å². The predicted octanol–water partition coefficient (Wildman–Crippen LogP) is 0.339. The standard InChI is InChI=1S/C5H12NO/c1-3-5(7)6-4-2/h5,7H,3-4H2,1-2H3. The molecule has 0 aliphatic heterocycles. The van der Waals surface area contributed by atoms with Crippen LogP contribution in [0.25, 0.3) is 0 Å². The number of hydrogen-bond acceptors (Lipinski definition) is 1. The third kappa shape index (κ3) is 3.76. The van der Waals surface area contributed by atoms with Crippen molar-refractivity contribution in [2.45, 2.75) is 26.5 Å². The summed E-state index contributed by atoms with van der Waals surface area (Å²) in [6.45, 7) is 4.54. The highest BCUT2D eigenvalue weighted by Gasteiger charge is 1.94. The van der Waals surface area contributed by atoms with Crippen molar-refractivity contribution in [3.63, 3.8) is 0 Å². The van der Waals surface area contributed by atoms with Gasteiger partial charge in [-0.1, -0.05) is 13.8 Å². The molecule has 1 atom stereocenters. The van der Waals surface area contributed by atoms with Crippen LogP contribution in [0.1, 0.15) is 20.3 Å². The third-order valence-corrected chi connectivity index (χ3v) is 0.758. The van der Waals surface area contributed by atoms with Gasteiger partial charge in [0.1, 0.15) is 6.23 Å². The zero-order chi connectivity index (χ0) is 5.70. The summed E-state index contributed by atoms with van der Waals surface area (Å²) in [4.78, 5) is 0. The maximum absolute atomic E-state index is 8.69. The first-order chi connectivity index (χ1) is 3.31. The van der Waals surface area contributed by atoms with Gasteiger partial charge in [-0.2, -0.15) is 0 Å². The average molecular weight is 102 g/mol. The summed E-state index contributed by atoms with van der Waals surface area (Å²) in [7, 11) is 0. The summed E-state index contributed by atoms with van der Waals surface area (Å²) in [5.74, 6) is 0. The van der Waals surface area contributed by atoms with Crippen LogP contribution in [0.5, 0.6) is 0 Å². The van der Waals surface area contributed by atoms with Gasteiger partial charge in [0.2, 0.25) is 0 Å². The minimum absolute atomic E-state index is 0.426. The van der Waals surface area contributed by atoms with Crippen molar-refractivity contribution in [2.75, 3.05) is 6.54 Å². The second kappa shape index (κ2) is 4.09. The van der Waals surface area contributed by atoms with Gasteiger partial charge in [0, 0.05) is 6.54 Å². The topological polar surface area (TPSA) is 34.3 Å². The van der Waals surface area contributed by atoms with E-state index in [0.717, 1.165) is 13.0 Å². The second-order valence-electron chi connectivity index (χ2n) is 1.39. The first-order valence-electron chi connectivity index (χ1n) is 2.66. The fraction of sp³-hybridized carbons (Fsp3) is 1.00. The monoisotopic (exact) mass is 102 g/mol. The van der Waals surface area contributed by atoms with E-state index in [0.29, 0.717) is 0 Å². The number of aliphatic hydroxyl groups is 1. The maximum Gasteiger partial charge on any atom is 0.119 e. The van der Waals surface area contributed by atoms with E-state index in [-0.39, 0.29) is 0 Å². The second-order valence-corrected chi connectivity index (χ2v) is 1.39. The minimum Gasteiger partial charge on any atom is -0.377 e. The number of aliphatic hydroxyl groups excluding tert-OH is 1. The lowest BCUT2D eigenvalue weighted by molar-refractivity contribution is 0.131. The summed E-state index contributed by atoms with van der Waals surface area (Å²) in [5, 5.41) is 12.5. The lowest BCUT2D eigenvalue weighted by Crippen LogP contribution is -2.19. The summed E-state index contributed by atoms with van der Waals surface area (Å²) in [5.41, 5.74) is 0. The molecule has 0 saturated carbocycles. The van der Waals surface area contributed by atoms with Crippen molar-refractivity contribution in [2.24, 2.45) is 0 Å². The van der Waals surface area contributed by atoms with E-state index in [4.69, 9.17) is 5.11 Å². The van der Waals surface area contributed by atoms with Crippen molar-refractivity contribution in [1.82, 2.24) is 5.32 Å². The fourth-order valence-electron chi connectivity index (χ4n) is 0.340. The molecule has 0 aromatic rings. The molecule has 43 valence electrons. The van der Waals surface area contributed by atoms with Crippen LogP contribution in [0, 0.1) is 0 Å². The molecule has 0 heterocycles. The third-order valence-electron chi connectivity index (χ3n) is 0.758. The molecule has 0 aromatic heterocycles. The SMILES string of the molecule is CC[N]C(O)CC. The smallest absolute Gasteiger partial charge is 0.119 e. The van der Waals surface area contributed by atoms with E-state index >= 15 is 0 Å². The first kappa shape index (κ1) is 6.92. The molecule has 0 rings (SSSR count). The summed E-state index contributed by atoms with van der Waals surface area (Å²) in [6, 6.07) is 0. The van der Waals surface area contributed by atoms with Crippen LogP contribution in [0.2, 0.25) is 0 Å². The molecule has 0 saturated heterocycles. The van der Waals surface area contributed by atoms with Crippen LogP contribution >= 0.6 is 0 Å². The van der Waals surface area contributed by atoms with Gasteiger partial charge < -0.3 is 5.11 Å². The Balaban J connectivity index is 2.83. The highest BCUT2D eigenvalue weighted by Crippen LogP contribution is 1.82. The Labute approximate surface area is 44.5 Å². The van der Waals surface area contributed by atoms with Crippen LogP contribution < -0.4 is 5.32 Å². The minimum atomic E-state index is -0.426. The molecule has 0 aliphatic carbocycles. The Morgan fingerprint density at radius 2 is 2.14 bits per heavy atom. The van der Waals surface area contributed by atoms with Gasteiger partial charge in [0.05, 0.1) is 0 Å². The molecule has 0 spiro atoms. The van der Waals surface area contributed by atoms with E-state index < -0.39 is 6.23 Å². The van der Waals surface area contributed by atoms with Gasteiger partial charge in [-0.25, -0.2) is 5.32 Å². The quantitative estimate of drug-likeness (QED) is 0.547. The van der Waals surface area contributed by atoms with Crippen LogP contribution in [-0.2, 0) is 0 Å². The van der Waals surface area contributed by atoms with Crippen LogP contribution in [0.3, 0.4) is 0 Å². The van der Waals surface area contributed by atoms with Gasteiger partial charge >= 0.3 is 0 Å². The van der Waals surface area contributed by atoms with Gasteiger partial charge in [-0.15, -0.1) is 0 Å².